The lowest BCUT2D eigenvalue weighted by atomic mass is 10.2. The number of aromatic hydroxyl groups is 1. The van der Waals surface area contributed by atoms with Crippen LogP contribution in [0.5, 0.6) is 5.75 Å². The van der Waals surface area contributed by atoms with Crippen LogP contribution in [0.4, 0.5) is 5.69 Å². The van der Waals surface area contributed by atoms with Gasteiger partial charge in [-0.3, -0.25) is 9.69 Å². The predicted octanol–water partition coefficient (Wildman–Crippen LogP) is 0.324. The van der Waals surface area contributed by atoms with Gasteiger partial charge in [0.25, 0.3) is 0 Å². The van der Waals surface area contributed by atoms with Crippen molar-refractivity contribution in [3.63, 3.8) is 0 Å². The summed E-state index contributed by atoms with van der Waals surface area (Å²) in [5.74, 6) is -1.75. The van der Waals surface area contributed by atoms with Crippen molar-refractivity contribution >= 4 is 17.6 Å². The molecule has 2 rings (SSSR count). The van der Waals surface area contributed by atoms with Crippen LogP contribution < -0.4 is 10.6 Å². The van der Waals surface area contributed by atoms with E-state index in [0.717, 1.165) is 32.6 Å². The number of hydrogen-bond acceptors (Lipinski definition) is 5. The van der Waals surface area contributed by atoms with Crippen molar-refractivity contribution in [2.75, 3.05) is 38.0 Å². The average Bonchev–Trinajstić information content (AvgIpc) is 2.66. The molecule has 21 heavy (non-hydrogen) atoms. The van der Waals surface area contributed by atoms with Crippen molar-refractivity contribution in [1.29, 1.82) is 0 Å². The first-order valence-electron chi connectivity index (χ1n) is 6.85. The molecule has 1 aliphatic rings. The van der Waals surface area contributed by atoms with Gasteiger partial charge in [0.1, 0.15) is 11.3 Å². The first kappa shape index (κ1) is 15.3. The maximum atomic E-state index is 12.0. The molecule has 114 valence electrons. The van der Waals surface area contributed by atoms with Crippen molar-refractivity contribution in [3.8, 4) is 5.75 Å². The molecule has 1 aromatic rings. The third-order valence-corrected chi connectivity index (χ3v) is 3.31. The minimum Gasteiger partial charge on any atom is -0.507 e. The van der Waals surface area contributed by atoms with Crippen molar-refractivity contribution in [2.45, 2.75) is 6.42 Å². The van der Waals surface area contributed by atoms with E-state index in [1.54, 1.807) is 0 Å². The van der Waals surface area contributed by atoms with Crippen molar-refractivity contribution in [1.82, 2.24) is 10.2 Å². The molecule has 0 saturated carbocycles. The second-order valence-electron chi connectivity index (χ2n) is 4.96. The number of benzene rings is 1. The van der Waals surface area contributed by atoms with E-state index in [-0.39, 0.29) is 23.8 Å². The Morgan fingerprint density at radius 3 is 2.81 bits per heavy atom. The maximum absolute atomic E-state index is 12.0. The molecule has 1 aromatic carbocycles. The number of phenols is 1. The van der Waals surface area contributed by atoms with Crippen LogP contribution in [-0.4, -0.2) is 59.7 Å². The standard InChI is InChI=1S/C14H19N3O4/c18-12-8-10(2-3-11(12)14(20)21)16-13(19)9-17-6-1-4-15-5-7-17/h2-3,8,15,18H,1,4-7,9H2,(H,16,19)(H,20,21). The fourth-order valence-corrected chi connectivity index (χ4v) is 2.25. The zero-order chi connectivity index (χ0) is 15.2. The van der Waals surface area contributed by atoms with Crippen molar-refractivity contribution in [3.05, 3.63) is 23.8 Å². The first-order valence-corrected chi connectivity index (χ1v) is 6.85. The molecule has 0 bridgehead atoms. The van der Waals surface area contributed by atoms with Gasteiger partial charge in [-0.25, -0.2) is 4.79 Å². The summed E-state index contributed by atoms with van der Waals surface area (Å²) in [5.41, 5.74) is 0.196. The fraction of sp³-hybridized carbons (Fsp3) is 0.429. The molecule has 0 spiro atoms. The summed E-state index contributed by atoms with van der Waals surface area (Å²) in [5, 5.41) is 24.3. The monoisotopic (exact) mass is 293 g/mol. The Morgan fingerprint density at radius 1 is 1.29 bits per heavy atom. The van der Waals surface area contributed by atoms with Crippen LogP contribution >= 0.6 is 0 Å². The van der Waals surface area contributed by atoms with Gasteiger partial charge in [0, 0.05) is 24.8 Å². The number of amides is 1. The highest BCUT2D eigenvalue weighted by Gasteiger charge is 2.14. The van der Waals surface area contributed by atoms with Gasteiger partial charge < -0.3 is 20.8 Å². The van der Waals surface area contributed by atoms with Gasteiger partial charge in [0.2, 0.25) is 5.91 Å². The van der Waals surface area contributed by atoms with Crippen LogP contribution in [0.15, 0.2) is 18.2 Å². The number of nitrogens with zero attached hydrogens (tertiary/aromatic N) is 1. The van der Waals surface area contributed by atoms with Crippen molar-refractivity contribution < 1.29 is 19.8 Å². The number of rotatable bonds is 4. The largest absolute Gasteiger partial charge is 0.507 e. The minimum absolute atomic E-state index is 0.181. The maximum Gasteiger partial charge on any atom is 0.339 e. The zero-order valence-corrected chi connectivity index (χ0v) is 11.6. The van der Waals surface area contributed by atoms with E-state index in [0.29, 0.717) is 5.69 Å². The van der Waals surface area contributed by atoms with Crippen LogP contribution in [0.2, 0.25) is 0 Å². The third-order valence-electron chi connectivity index (χ3n) is 3.31. The quantitative estimate of drug-likeness (QED) is 0.638. The normalized spacial score (nSPS) is 16.2. The van der Waals surface area contributed by atoms with E-state index in [1.807, 2.05) is 0 Å². The minimum atomic E-state index is -1.21. The zero-order valence-electron chi connectivity index (χ0n) is 11.6. The van der Waals surface area contributed by atoms with E-state index in [1.165, 1.54) is 18.2 Å². The Balaban J connectivity index is 1.93. The molecule has 4 N–H and O–H groups in total. The lowest BCUT2D eigenvalue weighted by molar-refractivity contribution is -0.117. The highest BCUT2D eigenvalue weighted by atomic mass is 16.4. The average molecular weight is 293 g/mol. The highest BCUT2D eigenvalue weighted by Crippen LogP contribution is 2.21. The highest BCUT2D eigenvalue weighted by molar-refractivity contribution is 5.95. The van der Waals surface area contributed by atoms with Crippen LogP contribution in [0.25, 0.3) is 0 Å². The lowest BCUT2D eigenvalue weighted by Crippen LogP contribution is -2.35. The van der Waals surface area contributed by atoms with E-state index < -0.39 is 5.97 Å². The SMILES string of the molecule is O=C(CN1CCCNCC1)Nc1ccc(C(=O)O)c(O)c1. The Kier molecular flexibility index (Phi) is 5.13. The second-order valence-corrected chi connectivity index (χ2v) is 4.96. The van der Waals surface area contributed by atoms with Gasteiger partial charge in [-0.05, 0) is 31.6 Å². The van der Waals surface area contributed by atoms with E-state index in [4.69, 9.17) is 5.11 Å². The number of carbonyl (C=O) groups excluding carboxylic acids is 1. The summed E-state index contributed by atoms with van der Waals surface area (Å²) in [6, 6.07) is 3.97. The number of carboxylic acids is 1. The molecule has 1 heterocycles. The van der Waals surface area contributed by atoms with Gasteiger partial charge >= 0.3 is 5.97 Å². The molecule has 0 atom stereocenters. The smallest absolute Gasteiger partial charge is 0.339 e. The van der Waals surface area contributed by atoms with E-state index in [9.17, 15) is 14.7 Å². The lowest BCUT2D eigenvalue weighted by Gasteiger charge is -2.18. The third kappa shape index (κ3) is 4.44. The Hall–Kier alpha value is -2.12. The molecule has 0 unspecified atom stereocenters. The summed E-state index contributed by atoms with van der Waals surface area (Å²) >= 11 is 0. The number of hydrogen-bond donors (Lipinski definition) is 4. The summed E-state index contributed by atoms with van der Waals surface area (Å²) < 4.78 is 0. The Bertz CT molecular complexity index is 525. The summed E-state index contributed by atoms with van der Waals surface area (Å²) in [4.78, 5) is 24.8. The topological polar surface area (TPSA) is 102 Å². The van der Waals surface area contributed by atoms with Crippen LogP contribution in [0.3, 0.4) is 0 Å². The number of nitrogens with one attached hydrogen (secondary N) is 2. The second kappa shape index (κ2) is 7.05. The summed E-state index contributed by atoms with van der Waals surface area (Å²) in [6.45, 7) is 3.79. The number of carboxylic acid groups (broad SMARTS) is 1. The van der Waals surface area contributed by atoms with Crippen molar-refractivity contribution in [2.24, 2.45) is 0 Å². The molecule has 1 amide bonds. The molecular weight excluding hydrogens is 274 g/mol. The Morgan fingerprint density at radius 2 is 2.10 bits per heavy atom. The molecule has 0 radical (unpaired) electrons. The van der Waals surface area contributed by atoms with Gasteiger partial charge in [0.15, 0.2) is 0 Å². The molecule has 1 fully saturated rings. The molecule has 7 heteroatoms. The molecule has 7 nitrogen and oxygen atoms in total. The van der Waals surface area contributed by atoms with Crippen LogP contribution in [-0.2, 0) is 4.79 Å². The molecule has 0 aromatic heterocycles. The summed E-state index contributed by atoms with van der Waals surface area (Å²) in [6.07, 6.45) is 1.00. The van der Waals surface area contributed by atoms with E-state index in [2.05, 4.69) is 15.5 Å². The van der Waals surface area contributed by atoms with Gasteiger partial charge in [-0.2, -0.15) is 0 Å². The van der Waals surface area contributed by atoms with Gasteiger partial charge in [-0.15, -0.1) is 0 Å². The Labute approximate surface area is 122 Å². The van der Waals surface area contributed by atoms with Gasteiger partial charge in [0.05, 0.1) is 6.54 Å². The molecule has 1 aliphatic heterocycles. The molecule has 1 saturated heterocycles. The number of anilines is 1. The van der Waals surface area contributed by atoms with E-state index >= 15 is 0 Å². The predicted molar refractivity (Wildman–Crippen MR) is 77.6 cm³/mol. The molecular formula is C14H19N3O4. The van der Waals surface area contributed by atoms with Crippen LogP contribution in [0, 0.1) is 0 Å². The molecule has 0 aliphatic carbocycles. The first-order chi connectivity index (χ1) is 10.1. The number of aromatic carboxylic acids is 1. The number of carbonyl (C=O) groups is 2. The van der Waals surface area contributed by atoms with Gasteiger partial charge in [-0.1, -0.05) is 0 Å². The van der Waals surface area contributed by atoms with Crippen LogP contribution in [0.1, 0.15) is 16.8 Å². The fourth-order valence-electron chi connectivity index (χ4n) is 2.25. The summed E-state index contributed by atoms with van der Waals surface area (Å²) in [7, 11) is 0.